The van der Waals surface area contributed by atoms with Crippen molar-refractivity contribution >= 4 is 5.91 Å². The number of likely N-dealkylation sites (tertiary alicyclic amines) is 1. The van der Waals surface area contributed by atoms with Crippen molar-refractivity contribution in [2.45, 2.75) is 12.5 Å². The Labute approximate surface area is 112 Å². The van der Waals surface area contributed by atoms with Gasteiger partial charge in [-0.15, -0.1) is 0 Å². The molecule has 0 bridgehead atoms. The van der Waals surface area contributed by atoms with Gasteiger partial charge in [-0.3, -0.25) is 4.79 Å². The second-order valence-electron chi connectivity index (χ2n) is 5.20. The maximum atomic E-state index is 12.4. The fourth-order valence-corrected chi connectivity index (χ4v) is 3.00. The molecule has 102 valence electrons. The lowest BCUT2D eigenvalue weighted by molar-refractivity contribution is 0.0779. The summed E-state index contributed by atoms with van der Waals surface area (Å²) in [6, 6.07) is 5.21. The number of methoxy groups -OCH3 is 1. The van der Waals surface area contributed by atoms with E-state index in [1.165, 1.54) is 13.2 Å². The second kappa shape index (κ2) is 4.74. The third-order valence-electron chi connectivity index (χ3n) is 4.09. The number of aromatic hydroxyl groups is 1. The third-order valence-corrected chi connectivity index (χ3v) is 4.09. The average Bonchev–Trinajstić information content (AvgIpc) is 2.98. The third kappa shape index (κ3) is 2.14. The number of rotatable bonds is 2. The summed E-state index contributed by atoms with van der Waals surface area (Å²) < 4.78 is 5.02. The zero-order valence-corrected chi connectivity index (χ0v) is 10.9. The van der Waals surface area contributed by atoms with Crippen LogP contribution in [0.3, 0.4) is 0 Å². The van der Waals surface area contributed by atoms with Gasteiger partial charge in [0.25, 0.3) is 5.91 Å². The highest BCUT2D eigenvalue weighted by molar-refractivity contribution is 5.97. The van der Waals surface area contributed by atoms with E-state index in [0.29, 0.717) is 23.3 Å². The molecule has 5 heteroatoms. The van der Waals surface area contributed by atoms with Crippen molar-refractivity contribution in [1.82, 2.24) is 10.2 Å². The number of nitrogens with zero attached hydrogens (tertiary/aromatic N) is 1. The van der Waals surface area contributed by atoms with Crippen LogP contribution in [0.2, 0.25) is 0 Å². The predicted molar refractivity (Wildman–Crippen MR) is 70.5 cm³/mol. The molecule has 0 aliphatic carbocycles. The van der Waals surface area contributed by atoms with Crippen molar-refractivity contribution in [1.29, 1.82) is 0 Å². The fraction of sp³-hybridized carbons (Fsp3) is 0.500. The SMILES string of the molecule is COc1ccc(C(=O)N2C[C@@H]3CCN[C@@H]3C2)c(O)c1. The maximum Gasteiger partial charge on any atom is 0.257 e. The zero-order valence-electron chi connectivity index (χ0n) is 10.9. The molecule has 2 heterocycles. The van der Waals surface area contributed by atoms with Crippen LogP contribution < -0.4 is 10.1 Å². The molecular weight excluding hydrogens is 244 g/mol. The molecule has 0 saturated carbocycles. The van der Waals surface area contributed by atoms with Gasteiger partial charge in [0.05, 0.1) is 12.7 Å². The Bertz CT molecular complexity index is 491. The van der Waals surface area contributed by atoms with Crippen molar-refractivity contribution in [2.75, 3.05) is 26.7 Å². The molecule has 1 amide bonds. The lowest BCUT2D eigenvalue weighted by atomic mass is 10.1. The first-order chi connectivity index (χ1) is 9.19. The highest BCUT2D eigenvalue weighted by Crippen LogP contribution is 2.29. The number of hydrogen-bond acceptors (Lipinski definition) is 4. The molecule has 2 fully saturated rings. The largest absolute Gasteiger partial charge is 0.507 e. The lowest BCUT2D eigenvalue weighted by Gasteiger charge is -2.18. The number of phenolic OH excluding ortho intramolecular Hbond substituents is 1. The summed E-state index contributed by atoms with van der Waals surface area (Å²) in [6.07, 6.45) is 1.13. The normalized spacial score (nSPS) is 25.4. The first-order valence-corrected chi connectivity index (χ1v) is 6.58. The standard InChI is InChI=1S/C14H18N2O3/c1-19-10-2-3-11(13(17)6-10)14(18)16-7-9-4-5-15-12(9)8-16/h2-3,6,9,12,15,17H,4-5,7-8H2,1H3/t9-,12+/m0/s1. The molecule has 1 aromatic carbocycles. The topological polar surface area (TPSA) is 61.8 Å². The summed E-state index contributed by atoms with van der Waals surface area (Å²) in [5, 5.41) is 13.3. The van der Waals surface area contributed by atoms with E-state index in [1.54, 1.807) is 12.1 Å². The summed E-state index contributed by atoms with van der Waals surface area (Å²) in [6.45, 7) is 2.56. The number of nitrogens with one attached hydrogen (secondary N) is 1. The van der Waals surface area contributed by atoms with Crippen LogP contribution >= 0.6 is 0 Å². The Kier molecular flexibility index (Phi) is 3.06. The van der Waals surface area contributed by atoms with Crippen LogP contribution in [0.25, 0.3) is 0 Å². The summed E-state index contributed by atoms with van der Waals surface area (Å²) in [5.74, 6) is 0.990. The van der Waals surface area contributed by atoms with Gasteiger partial charge in [0.1, 0.15) is 11.5 Å². The zero-order chi connectivity index (χ0) is 13.4. The van der Waals surface area contributed by atoms with Gasteiger partial charge in [-0.05, 0) is 31.0 Å². The van der Waals surface area contributed by atoms with E-state index in [9.17, 15) is 9.90 Å². The van der Waals surface area contributed by atoms with Crippen molar-refractivity contribution in [3.8, 4) is 11.5 Å². The average molecular weight is 262 g/mol. The van der Waals surface area contributed by atoms with Gasteiger partial charge in [0.2, 0.25) is 0 Å². The van der Waals surface area contributed by atoms with E-state index in [4.69, 9.17) is 4.74 Å². The molecule has 2 saturated heterocycles. The fourth-order valence-electron chi connectivity index (χ4n) is 3.00. The van der Waals surface area contributed by atoms with E-state index in [2.05, 4.69) is 5.32 Å². The molecular formula is C14H18N2O3. The number of carbonyl (C=O) groups is 1. The minimum absolute atomic E-state index is 0.0191. The number of fused-ring (bicyclic) bond motifs is 1. The summed E-state index contributed by atoms with van der Waals surface area (Å²) in [4.78, 5) is 14.2. The highest BCUT2D eigenvalue weighted by atomic mass is 16.5. The Morgan fingerprint density at radius 2 is 2.32 bits per heavy atom. The van der Waals surface area contributed by atoms with Gasteiger partial charge in [-0.25, -0.2) is 0 Å². The van der Waals surface area contributed by atoms with E-state index < -0.39 is 0 Å². The van der Waals surface area contributed by atoms with Gasteiger partial charge >= 0.3 is 0 Å². The second-order valence-corrected chi connectivity index (χ2v) is 5.20. The van der Waals surface area contributed by atoms with E-state index in [1.807, 2.05) is 4.90 Å². The first-order valence-electron chi connectivity index (χ1n) is 6.58. The van der Waals surface area contributed by atoms with Gasteiger partial charge in [0.15, 0.2) is 0 Å². The van der Waals surface area contributed by atoms with Crippen LogP contribution in [-0.2, 0) is 0 Å². The molecule has 19 heavy (non-hydrogen) atoms. The number of amides is 1. The Balaban J connectivity index is 1.77. The molecule has 5 nitrogen and oxygen atoms in total. The minimum Gasteiger partial charge on any atom is -0.507 e. The van der Waals surface area contributed by atoms with Crippen LogP contribution in [0.5, 0.6) is 11.5 Å². The van der Waals surface area contributed by atoms with Crippen molar-refractivity contribution in [2.24, 2.45) is 5.92 Å². The molecule has 0 radical (unpaired) electrons. The predicted octanol–water partition coefficient (Wildman–Crippen LogP) is 0.835. The van der Waals surface area contributed by atoms with Gasteiger partial charge in [0, 0.05) is 25.2 Å². The van der Waals surface area contributed by atoms with Crippen molar-refractivity contribution in [3.63, 3.8) is 0 Å². The highest BCUT2D eigenvalue weighted by Gasteiger charge is 2.38. The monoisotopic (exact) mass is 262 g/mol. The van der Waals surface area contributed by atoms with Crippen LogP contribution in [0, 0.1) is 5.92 Å². The van der Waals surface area contributed by atoms with Crippen molar-refractivity contribution in [3.05, 3.63) is 23.8 Å². The molecule has 0 spiro atoms. The summed E-state index contributed by atoms with van der Waals surface area (Å²) >= 11 is 0. The smallest absolute Gasteiger partial charge is 0.257 e. The maximum absolute atomic E-state index is 12.4. The molecule has 2 aliphatic heterocycles. The number of hydrogen-bond donors (Lipinski definition) is 2. The van der Waals surface area contributed by atoms with Crippen LogP contribution in [0.4, 0.5) is 0 Å². The Morgan fingerprint density at radius 3 is 3.00 bits per heavy atom. The summed E-state index contributed by atoms with van der Waals surface area (Å²) in [5.41, 5.74) is 0.348. The van der Waals surface area contributed by atoms with E-state index in [-0.39, 0.29) is 11.7 Å². The van der Waals surface area contributed by atoms with Crippen LogP contribution in [-0.4, -0.2) is 48.7 Å². The molecule has 0 unspecified atom stereocenters. The number of carbonyl (C=O) groups excluding carboxylic acids is 1. The molecule has 0 aromatic heterocycles. The van der Waals surface area contributed by atoms with E-state index >= 15 is 0 Å². The van der Waals surface area contributed by atoms with E-state index in [0.717, 1.165) is 26.1 Å². The van der Waals surface area contributed by atoms with Crippen LogP contribution in [0.1, 0.15) is 16.8 Å². The van der Waals surface area contributed by atoms with Gasteiger partial charge in [-0.1, -0.05) is 0 Å². The molecule has 2 N–H and O–H groups in total. The lowest BCUT2D eigenvalue weighted by Crippen LogP contribution is -2.33. The molecule has 2 atom stereocenters. The molecule has 3 rings (SSSR count). The number of ether oxygens (including phenoxy) is 1. The molecule has 2 aliphatic rings. The Hall–Kier alpha value is -1.75. The van der Waals surface area contributed by atoms with Crippen LogP contribution in [0.15, 0.2) is 18.2 Å². The van der Waals surface area contributed by atoms with Crippen molar-refractivity contribution < 1.29 is 14.6 Å². The Morgan fingerprint density at radius 1 is 1.47 bits per heavy atom. The first kappa shape index (κ1) is 12.3. The minimum atomic E-state index is -0.101. The number of benzene rings is 1. The number of phenols is 1. The van der Waals surface area contributed by atoms with Gasteiger partial charge in [-0.2, -0.15) is 0 Å². The molecule has 1 aromatic rings. The quantitative estimate of drug-likeness (QED) is 0.829. The van der Waals surface area contributed by atoms with Gasteiger partial charge < -0.3 is 20.1 Å². The summed E-state index contributed by atoms with van der Waals surface area (Å²) in [7, 11) is 1.53.